The highest BCUT2D eigenvalue weighted by Gasteiger charge is 2.12. The maximum Gasteiger partial charge on any atom is 0.251 e. The molecular weight excluding hydrogens is 278 g/mol. The monoisotopic (exact) mass is 299 g/mol. The van der Waals surface area contributed by atoms with Crippen molar-refractivity contribution in [1.29, 1.82) is 0 Å². The Balaban J connectivity index is 2.26. The normalized spacial score (nSPS) is 11.8. The van der Waals surface area contributed by atoms with Crippen molar-refractivity contribution < 1.29 is 14.6 Å². The summed E-state index contributed by atoms with van der Waals surface area (Å²) in [6.45, 7) is 2.38. The molecule has 0 aliphatic heterocycles. The molecule has 2 rings (SSSR count). The number of benzene rings is 2. The third-order valence-electron chi connectivity index (χ3n) is 3.47. The van der Waals surface area contributed by atoms with Gasteiger partial charge in [-0.3, -0.25) is 4.79 Å². The number of ether oxygens (including phenoxy) is 1. The molecule has 0 aliphatic rings. The lowest BCUT2D eigenvalue weighted by Crippen LogP contribution is -2.29. The molecule has 2 aromatic rings. The van der Waals surface area contributed by atoms with Gasteiger partial charge in [0.25, 0.3) is 5.91 Å². The quantitative estimate of drug-likeness (QED) is 0.862. The van der Waals surface area contributed by atoms with Crippen LogP contribution in [-0.4, -0.2) is 31.3 Å². The number of rotatable bonds is 6. The molecule has 0 radical (unpaired) electrons. The summed E-state index contributed by atoms with van der Waals surface area (Å²) in [5, 5.41) is 11.8. The summed E-state index contributed by atoms with van der Waals surface area (Å²) in [4.78, 5) is 12.2. The molecule has 0 saturated heterocycles. The Kier molecular flexibility index (Phi) is 5.55. The van der Waals surface area contributed by atoms with E-state index in [0.29, 0.717) is 12.1 Å². The van der Waals surface area contributed by atoms with Crippen LogP contribution in [0, 0.1) is 5.92 Å². The Bertz CT molecular complexity index is 625. The van der Waals surface area contributed by atoms with Gasteiger partial charge in [0.2, 0.25) is 0 Å². The molecule has 0 bridgehead atoms. The van der Waals surface area contributed by atoms with E-state index in [1.165, 1.54) is 0 Å². The van der Waals surface area contributed by atoms with Crippen molar-refractivity contribution in [3.63, 3.8) is 0 Å². The summed E-state index contributed by atoms with van der Waals surface area (Å²) in [7, 11) is 1.62. The molecule has 2 aromatic carbocycles. The first-order chi connectivity index (χ1) is 10.7. The summed E-state index contributed by atoms with van der Waals surface area (Å²) in [5.74, 6) is 0.613. The van der Waals surface area contributed by atoms with E-state index in [2.05, 4.69) is 5.32 Å². The van der Waals surface area contributed by atoms with Crippen LogP contribution in [0.15, 0.2) is 48.5 Å². The smallest absolute Gasteiger partial charge is 0.251 e. The summed E-state index contributed by atoms with van der Waals surface area (Å²) >= 11 is 0. The predicted molar refractivity (Wildman–Crippen MR) is 87.0 cm³/mol. The van der Waals surface area contributed by atoms with Crippen LogP contribution in [0.2, 0.25) is 0 Å². The van der Waals surface area contributed by atoms with Crippen molar-refractivity contribution in [2.24, 2.45) is 5.92 Å². The number of aliphatic hydroxyl groups is 1. The second kappa shape index (κ2) is 7.61. The lowest BCUT2D eigenvalue weighted by atomic mass is 10.0. The molecular formula is C18H21NO3. The van der Waals surface area contributed by atoms with Crippen LogP contribution in [0.25, 0.3) is 11.1 Å². The molecule has 4 nitrogen and oxygen atoms in total. The van der Waals surface area contributed by atoms with Gasteiger partial charge in [0.1, 0.15) is 5.75 Å². The topological polar surface area (TPSA) is 58.6 Å². The maximum atomic E-state index is 12.2. The number of nitrogens with one attached hydrogen (secondary N) is 1. The molecule has 0 aliphatic carbocycles. The van der Waals surface area contributed by atoms with Crippen molar-refractivity contribution in [3.8, 4) is 16.9 Å². The SMILES string of the molecule is COc1ccc(C(=O)NCC(C)CO)cc1-c1ccccc1. The fourth-order valence-corrected chi connectivity index (χ4v) is 2.13. The van der Waals surface area contributed by atoms with Crippen LogP contribution in [0.3, 0.4) is 0 Å². The van der Waals surface area contributed by atoms with Gasteiger partial charge in [-0.2, -0.15) is 0 Å². The minimum absolute atomic E-state index is 0.0378. The zero-order valence-corrected chi connectivity index (χ0v) is 12.9. The third kappa shape index (κ3) is 3.86. The van der Waals surface area contributed by atoms with Crippen LogP contribution < -0.4 is 10.1 Å². The average molecular weight is 299 g/mol. The van der Waals surface area contributed by atoms with E-state index >= 15 is 0 Å². The van der Waals surface area contributed by atoms with E-state index in [0.717, 1.165) is 16.9 Å². The van der Waals surface area contributed by atoms with Crippen LogP contribution in [0.4, 0.5) is 0 Å². The van der Waals surface area contributed by atoms with Gasteiger partial charge in [-0.15, -0.1) is 0 Å². The van der Waals surface area contributed by atoms with Gasteiger partial charge in [0.15, 0.2) is 0 Å². The fourth-order valence-electron chi connectivity index (χ4n) is 2.13. The number of hydrogen-bond acceptors (Lipinski definition) is 3. The van der Waals surface area contributed by atoms with Crippen molar-refractivity contribution >= 4 is 5.91 Å². The van der Waals surface area contributed by atoms with Gasteiger partial charge in [0.05, 0.1) is 7.11 Å². The zero-order chi connectivity index (χ0) is 15.9. The molecule has 1 unspecified atom stereocenters. The molecule has 0 spiro atoms. The average Bonchev–Trinajstić information content (AvgIpc) is 2.59. The summed E-state index contributed by atoms with van der Waals surface area (Å²) in [5.41, 5.74) is 2.45. The number of carbonyl (C=O) groups excluding carboxylic acids is 1. The number of methoxy groups -OCH3 is 1. The van der Waals surface area contributed by atoms with Crippen LogP contribution in [0.1, 0.15) is 17.3 Å². The summed E-state index contributed by atoms with van der Waals surface area (Å²) in [6.07, 6.45) is 0. The van der Waals surface area contributed by atoms with Gasteiger partial charge < -0.3 is 15.2 Å². The van der Waals surface area contributed by atoms with Crippen molar-refractivity contribution in [1.82, 2.24) is 5.32 Å². The van der Waals surface area contributed by atoms with Crippen molar-refractivity contribution in [3.05, 3.63) is 54.1 Å². The number of carbonyl (C=O) groups is 1. The molecule has 1 atom stereocenters. The van der Waals surface area contributed by atoms with Gasteiger partial charge in [0, 0.05) is 24.3 Å². The highest BCUT2D eigenvalue weighted by atomic mass is 16.5. The second-order valence-corrected chi connectivity index (χ2v) is 5.28. The Morgan fingerprint density at radius 1 is 1.23 bits per heavy atom. The van der Waals surface area contributed by atoms with Gasteiger partial charge in [-0.25, -0.2) is 0 Å². The van der Waals surface area contributed by atoms with Crippen molar-refractivity contribution in [2.45, 2.75) is 6.92 Å². The number of amides is 1. The largest absolute Gasteiger partial charge is 0.496 e. The van der Waals surface area contributed by atoms with Crippen molar-refractivity contribution in [2.75, 3.05) is 20.3 Å². The first-order valence-electron chi connectivity index (χ1n) is 7.28. The fraction of sp³-hybridized carbons (Fsp3) is 0.278. The van der Waals surface area contributed by atoms with E-state index in [9.17, 15) is 4.79 Å². The minimum Gasteiger partial charge on any atom is -0.496 e. The van der Waals surface area contributed by atoms with E-state index in [-0.39, 0.29) is 18.4 Å². The van der Waals surface area contributed by atoms with Crippen LogP contribution in [0.5, 0.6) is 5.75 Å². The predicted octanol–water partition coefficient (Wildman–Crippen LogP) is 2.72. The molecule has 0 saturated carbocycles. The Morgan fingerprint density at radius 3 is 2.59 bits per heavy atom. The van der Waals surface area contributed by atoms with Gasteiger partial charge in [-0.1, -0.05) is 37.3 Å². The molecule has 1 amide bonds. The Labute approximate surface area is 130 Å². The number of aliphatic hydroxyl groups excluding tert-OH is 1. The maximum absolute atomic E-state index is 12.2. The molecule has 22 heavy (non-hydrogen) atoms. The third-order valence-corrected chi connectivity index (χ3v) is 3.47. The Morgan fingerprint density at radius 2 is 1.95 bits per heavy atom. The zero-order valence-electron chi connectivity index (χ0n) is 12.9. The lowest BCUT2D eigenvalue weighted by molar-refractivity contribution is 0.0942. The highest BCUT2D eigenvalue weighted by molar-refractivity contribution is 5.96. The first-order valence-corrected chi connectivity index (χ1v) is 7.28. The van der Waals surface area contributed by atoms with E-state index in [1.807, 2.05) is 43.3 Å². The minimum atomic E-state index is -0.153. The molecule has 4 heteroatoms. The molecule has 116 valence electrons. The first kappa shape index (κ1) is 16.0. The molecule has 0 heterocycles. The van der Waals surface area contributed by atoms with Crippen LogP contribution >= 0.6 is 0 Å². The van der Waals surface area contributed by atoms with Gasteiger partial charge in [-0.05, 0) is 29.7 Å². The Hall–Kier alpha value is -2.33. The highest BCUT2D eigenvalue weighted by Crippen LogP contribution is 2.30. The lowest BCUT2D eigenvalue weighted by Gasteiger charge is -2.13. The van der Waals surface area contributed by atoms with E-state index < -0.39 is 0 Å². The van der Waals surface area contributed by atoms with Crippen LogP contribution in [-0.2, 0) is 0 Å². The van der Waals surface area contributed by atoms with E-state index in [1.54, 1.807) is 19.2 Å². The summed E-state index contributed by atoms with van der Waals surface area (Å²) < 4.78 is 5.39. The summed E-state index contributed by atoms with van der Waals surface area (Å²) in [6, 6.07) is 15.2. The molecule has 0 aromatic heterocycles. The molecule has 0 fully saturated rings. The van der Waals surface area contributed by atoms with Gasteiger partial charge >= 0.3 is 0 Å². The standard InChI is InChI=1S/C18H21NO3/c1-13(12-20)11-19-18(21)15-8-9-17(22-2)16(10-15)14-6-4-3-5-7-14/h3-10,13,20H,11-12H2,1-2H3,(H,19,21). The number of hydrogen-bond donors (Lipinski definition) is 2. The second-order valence-electron chi connectivity index (χ2n) is 5.28. The van der Waals surface area contributed by atoms with E-state index in [4.69, 9.17) is 9.84 Å². The molecule has 2 N–H and O–H groups in total.